The second kappa shape index (κ2) is 13.2. The highest BCUT2D eigenvalue weighted by atomic mass is 32.1. The minimum atomic E-state index is -0.234. The lowest BCUT2D eigenvalue weighted by Crippen LogP contribution is -2.54. The van der Waals surface area contributed by atoms with Crippen LogP contribution in [0.4, 0.5) is 16.2 Å². The lowest BCUT2D eigenvalue weighted by atomic mass is 10.1. The standard InChI is InChI=1S/C27H41N5O2S/c1-9-31(10-2)23-13-14-24(21(4)19-23)32(30(8)27(35)29(6)7)26(33)28-16-11-17-34-25-15-12-20(3)18-22(25)5/h12-15,18-19H,9-11,16-17H2,1-8H3,(H,28,33). The fourth-order valence-corrected chi connectivity index (χ4v) is 4.01. The SMILES string of the molecule is CCN(CC)c1ccc(N(C(=O)NCCCOc2ccc(C)cc2C)N(C)C(=S)N(C)C)c(C)c1. The molecule has 0 heterocycles. The largest absolute Gasteiger partial charge is 0.493 e. The van der Waals surface area contributed by atoms with E-state index in [4.69, 9.17) is 17.0 Å². The summed E-state index contributed by atoms with van der Waals surface area (Å²) < 4.78 is 5.90. The van der Waals surface area contributed by atoms with Gasteiger partial charge in [0.25, 0.3) is 0 Å². The number of benzene rings is 2. The molecule has 0 spiro atoms. The van der Waals surface area contributed by atoms with Crippen molar-refractivity contribution in [1.82, 2.24) is 15.2 Å². The van der Waals surface area contributed by atoms with Gasteiger partial charge in [-0.1, -0.05) is 17.7 Å². The Morgan fingerprint density at radius 3 is 2.23 bits per heavy atom. The molecule has 0 fully saturated rings. The second-order valence-electron chi connectivity index (χ2n) is 8.86. The normalized spacial score (nSPS) is 10.5. The summed E-state index contributed by atoms with van der Waals surface area (Å²) in [6.45, 7) is 13.3. The van der Waals surface area contributed by atoms with Crippen molar-refractivity contribution in [2.75, 3.05) is 57.3 Å². The van der Waals surface area contributed by atoms with E-state index >= 15 is 0 Å². The number of amides is 2. The lowest BCUT2D eigenvalue weighted by molar-refractivity contribution is 0.233. The number of carbonyl (C=O) groups excluding carboxylic acids is 1. The molecular formula is C27H41N5O2S. The molecule has 7 nitrogen and oxygen atoms in total. The van der Waals surface area contributed by atoms with Crippen molar-refractivity contribution < 1.29 is 9.53 Å². The van der Waals surface area contributed by atoms with E-state index in [0.717, 1.165) is 41.3 Å². The summed E-state index contributed by atoms with van der Waals surface area (Å²) in [4.78, 5) is 17.5. The summed E-state index contributed by atoms with van der Waals surface area (Å²) >= 11 is 5.58. The molecule has 0 aliphatic heterocycles. The van der Waals surface area contributed by atoms with E-state index in [1.54, 1.807) is 10.0 Å². The Bertz CT molecular complexity index is 1010. The number of carbonyl (C=O) groups is 1. The van der Waals surface area contributed by atoms with E-state index in [1.165, 1.54) is 5.56 Å². The molecule has 0 aromatic heterocycles. The van der Waals surface area contributed by atoms with Gasteiger partial charge in [-0.3, -0.25) is 5.01 Å². The average molecular weight is 500 g/mol. The highest BCUT2D eigenvalue weighted by Crippen LogP contribution is 2.27. The Morgan fingerprint density at radius 1 is 0.971 bits per heavy atom. The molecule has 1 N–H and O–H groups in total. The minimum Gasteiger partial charge on any atom is -0.493 e. The molecule has 2 aromatic rings. The van der Waals surface area contributed by atoms with Crippen molar-refractivity contribution >= 4 is 34.7 Å². The van der Waals surface area contributed by atoms with Crippen LogP contribution in [0.5, 0.6) is 5.75 Å². The van der Waals surface area contributed by atoms with Gasteiger partial charge in [0, 0.05) is 46.5 Å². The summed E-state index contributed by atoms with van der Waals surface area (Å²) in [5.74, 6) is 0.878. The van der Waals surface area contributed by atoms with Crippen molar-refractivity contribution in [2.45, 2.75) is 41.0 Å². The Balaban J connectivity index is 2.12. The third-order valence-corrected chi connectivity index (χ3v) is 6.50. The quantitative estimate of drug-likeness (QED) is 0.293. The monoisotopic (exact) mass is 499 g/mol. The Morgan fingerprint density at radius 2 is 1.66 bits per heavy atom. The number of nitrogens with zero attached hydrogens (tertiary/aromatic N) is 4. The zero-order chi connectivity index (χ0) is 26.1. The van der Waals surface area contributed by atoms with Crippen LogP contribution in [0.15, 0.2) is 36.4 Å². The summed E-state index contributed by atoms with van der Waals surface area (Å²) in [6.07, 6.45) is 0.689. The zero-order valence-corrected chi connectivity index (χ0v) is 23.3. The lowest BCUT2D eigenvalue weighted by Gasteiger charge is -2.36. The Kier molecular flexibility index (Phi) is 10.6. The molecule has 0 bridgehead atoms. The first-order valence-corrected chi connectivity index (χ1v) is 12.6. The molecular weight excluding hydrogens is 458 g/mol. The van der Waals surface area contributed by atoms with E-state index < -0.39 is 0 Å². The maximum absolute atomic E-state index is 13.4. The topological polar surface area (TPSA) is 51.3 Å². The number of anilines is 2. The van der Waals surface area contributed by atoms with Gasteiger partial charge in [0.05, 0.1) is 12.3 Å². The average Bonchev–Trinajstić information content (AvgIpc) is 2.81. The van der Waals surface area contributed by atoms with Crippen LogP contribution in [0.25, 0.3) is 0 Å². The highest BCUT2D eigenvalue weighted by molar-refractivity contribution is 7.80. The van der Waals surface area contributed by atoms with Gasteiger partial charge in [-0.15, -0.1) is 0 Å². The molecule has 0 saturated carbocycles. The van der Waals surface area contributed by atoms with Gasteiger partial charge < -0.3 is 19.9 Å². The van der Waals surface area contributed by atoms with Crippen molar-refractivity contribution in [3.8, 4) is 5.75 Å². The third-order valence-electron chi connectivity index (χ3n) is 5.87. The van der Waals surface area contributed by atoms with Crippen LogP contribution < -0.4 is 20.0 Å². The predicted octanol–water partition coefficient (Wildman–Crippen LogP) is 5.14. The maximum Gasteiger partial charge on any atom is 0.341 e. The van der Waals surface area contributed by atoms with Crippen LogP contribution in [0.3, 0.4) is 0 Å². The van der Waals surface area contributed by atoms with Gasteiger partial charge in [0.2, 0.25) is 0 Å². The summed E-state index contributed by atoms with van der Waals surface area (Å²) in [7, 11) is 5.55. The fraction of sp³-hybridized carbons (Fsp3) is 0.481. The first-order chi connectivity index (χ1) is 16.6. The van der Waals surface area contributed by atoms with Gasteiger partial charge >= 0.3 is 6.03 Å². The van der Waals surface area contributed by atoms with E-state index in [-0.39, 0.29) is 6.03 Å². The van der Waals surface area contributed by atoms with Crippen molar-refractivity contribution in [1.29, 1.82) is 0 Å². The third kappa shape index (κ3) is 7.49. The van der Waals surface area contributed by atoms with Gasteiger partial charge in [0.1, 0.15) is 5.75 Å². The Labute approximate surface area is 216 Å². The zero-order valence-electron chi connectivity index (χ0n) is 22.5. The number of thiocarbonyl (C=S) groups is 1. The number of urea groups is 1. The molecule has 2 rings (SSSR count). The first kappa shape index (κ1) is 28.2. The van der Waals surface area contributed by atoms with Crippen LogP contribution >= 0.6 is 12.2 Å². The number of nitrogens with one attached hydrogen (secondary N) is 1. The predicted molar refractivity (Wildman–Crippen MR) is 151 cm³/mol. The number of ether oxygens (including phenoxy) is 1. The van der Waals surface area contributed by atoms with E-state index in [9.17, 15) is 4.79 Å². The van der Waals surface area contributed by atoms with Crippen molar-refractivity contribution in [2.24, 2.45) is 0 Å². The number of aryl methyl sites for hydroxylation is 3. The molecule has 0 saturated heterocycles. The highest BCUT2D eigenvalue weighted by Gasteiger charge is 2.25. The van der Waals surface area contributed by atoms with E-state index in [0.29, 0.717) is 24.7 Å². The second-order valence-corrected chi connectivity index (χ2v) is 9.22. The van der Waals surface area contributed by atoms with Gasteiger partial charge in [-0.25, -0.2) is 9.80 Å². The minimum absolute atomic E-state index is 0.234. The van der Waals surface area contributed by atoms with E-state index in [1.807, 2.05) is 58.1 Å². The number of hydrogen-bond acceptors (Lipinski definition) is 4. The van der Waals surface area contributed by atoms with Crippen molar-refractivity contribution in [3.63, 3.8) is 0 Å². The maximum atomic E-state index is 13.4. The number of rotatable bonds is 9. The van der Waals surface area contributed by atoms with Crippen LogP contribution in [0.1, 0.15) is 37.0 Å². The molecule has 192 valence electrons. The molecule has 8 heteroatoms. The Hall–Kier alpha value is -3.00. The molecule has 0 unspecified atom stereocenters. The molecule has 35 heavy (non-hydrogen) atoms. The van der Waals surface area contributed by atoms with E-state index in [2.05, 4.69) is 49.2 Å². The van der Waals surface area contributed by atoms with Crippen LogP contribution in [-0.4, -0.2) is 68.4 Å². The first-order valence-electron chi connectivity index (χ1n) is 12.2. The molecule has 0 radical (unpaired) electrons. The summed E-state index contributed by atoms with van der Waals surface area (Å²) in [6, 6.07) is 12.1. The molecule has 0 atom stereocenters. The molecule has 2 aromatic carbocycles. The molecule has 0 aliphatic carbocycles. The van der Waals surface area contributed by atoms with Crippen LogP contribution in [0.2, 0.25) is 0 Å². The number of hydrazine groups is 1. The van der Waals surface area contributed by atoms with Crippen molar-refractivity contribution in [3.05, 3.63) is 53.1 Å². The summed E-state index contributed by atoms with van der Waals surface area (Å²) in [5, 5.41) is 6.87. The smallest absolute Gasteiger partial charge is 0.341 e. The molecule has 0 aliphatic rings. The van der Waals surface area contributed by atoms with Gasteiger partial charge in [-0.2, -0.15) is 0 Å². The summed E-state index contributed by atoms with van der Waals surface area (Å²) in [5.41, 5.74) is 5.25. The van der Waals surface area contributed by atoms with Crippen LogP contribution in [0, 0.1) is 20.8 Å². The number of hydrogen-bond donors (Lipinski definition) is 1. The van der Waals surface area contributed by atoms with Crippen LogP contribution in [-0.2, 0) is 0 Å². The van der Waals surface area contributed by atoms with Gasteiger partial charge in [0.15, 0.2) is 5.11 Å². The van der Waals surface area contributed by atoms with Gasteiger partial charge in [-0.05, 0) is 88.6 Å². The fourth-order valence-electron chi connectivity index (χ4n) is 3.93. The molecule has 2 amide bonds.